The van der Waals surface area contributed by atoms with Crippen LogP contribution >= 0.6 is 0 Å². The third-order valence-corrected chi connectivity index (χ3v) is 6.00. The van der Waals surface area contributed by atoms with E-state index in [0.29, 0.717) is 52.0 Å². The highest BCUT2D eigenvalue weighted by Crippen LogP contribution is 2.39. The maximum atomic E-state index is 12.6. The van der Waals surface area contributed by atoms with Crippen LogP contribution < -0.4 is 39.1 Å². The smallest absolute Gasteiger partial charge is 0.328 e. The number of amides is 2. The molecule has 2 aromatic rings. The van der Waals surface area contributed by atoms with Crippen LogP contribution in [-0.2, 0) is 19.1 Å². The molecule has 0 radical (unpaired) electrons. The summed E-state index contributed by atoms with van der Waals surface area (Å²) in [4.78, 5) is 37.2. The predicted molar refractivity (Wildman–Crippen MR) is 156 cm³/mol. The van der Waals surface area contributed by atoms with Gasteiger partial charge < -0.3 is 43.8 Å². The molecule has 2 N–H and O–H groups in total. The summed E-state index contributed by atoms with van der Waals surface area (Å²) in [6.07, 6.45) is 6.46. The molecule has 0 heterocycles. The maximum absolute atomic E-state index is 12.6. The summed E-state index contributed by atoms with van der Waals surface area (Å²) in [6.45, 7) is 0.267. The lowest BCUT2D eigenvalue weighted by molar-refractivity contribution is -0.144. The molecule has 2 aromatic carbocycles. The van der Waals surface area contributed by atoms with Crippen LogP contribution in [0.15, 0.2) is 36.4 Å². The molecule has 0 bridgehead atoms. The lowest BCUT2D eigenvalue weighted by Gasteiger charge is -2.15. The van der Waals surface area contributed by atoms with Crippen LogP contribution in [0.2, 0.25) is 0 Å². The number of nitrogens with one attached hydrogen (secondary N) is 2. The van der Waals surface area contributed by atoms with E-state index in [-0.39, 0.29) is 18.9 Å². The van der Waals surface area contributed by atoms with Gasteiger partial charge in [-0.2, -0.15) is 0 Å². The molecule has 12 heteroatoms. The zero-order chi connectivity index (χ0) is 31.1. The predicted octanol–water partition coefficient (Wildman–Crippen LogP) is 3.02. The normalized spacial score (nSPS) is 11.5. The Balaban J connectivity index is 1.95. The van der Waals surface area contributed by atoms with Crippen molar-refractivity contribution in [1.82, 2.24) is 10.6 Å². The van der Waals surface area contributed by atoms with Gasteiger partial charge >= 0.3 is 5.97 Å². The molecule has 0 fully saturated rings. The van der Waals surface area contributed by atoms with Gasteiger partial charge in [0.1, 0.15) is 6.04 Å². The Labute approximate surface area is 245 Å². The Bertz CT molecular complexity index is 1240. The molecular formula is C30H38N2O10. The Hall–Kier alpha value is -4.87. The maximum Gasteiger partial charge on any atom is 0.328 e. The summed E-state index contributed by atoms with van der Waals surface area (Å²) < 4.78 is 36.7. The molecule has 0 aliphatic heterocycles. The molecule has 0 aliphatic rings. The minimum atomic E-state index is -0.904. The fourth-order valence-corrected chi connectivity index (χ4v) is 3.93. The first kappa shape index (κ1) is 33.3. The van der Waals surface area contributed by atoms with E-state index in [1.165, 1.54) is 61.9 Å². The quantitative estimate of drug-likeness (QED) is 0.171. The highest BCUT2D eigenvalue weighted by Gasteiger charge is 2.20. The molecule has 228 valence electrons. The third kappa shape index (κ3) is 9.36. The van der Waals surface area contributed by atoms with Crippen LogP contribution in [0.3, 0.4) is 0 Å². The van der Waals surface area contributed by atoms with E-state index in [2.05, 4.69) is 10.6 Å². The first-order valence-corrected chi connectivity index (χ1v) is 12.9. The molecule has 0 saturated carbocycles. The van der Waals surface area contributed by atoms with Crippen LogP contribution in [0.4, 0.5) is 0 Å². The van der Waals surface area contributed by atoms with Crippen molar-refractivity contribution in [3.8, 4) is 34.5 Å². The number of rotatable bonds is 16. The zero-order valence-corrected chi connectivity index (χ0v) is 24.9. The van der Waals surface area contributed by atoms with Crippen LogP contribution in [-0.4, -0.2) is 80.1 Å². The minimum absolute atomic E-state index is 0.243. The molecule has 0 aromatic heterocycles. The Morgan fingerprint density at radius 1 is 0.667 bits per heavy atom. The fraction of sp³-hybridized carbons (Fsp3) is 0.367. The molecule has 0 aliphatic carbocycles. The van der Waals surface area contributed by atoms with Crippen LogP contribution in [0, 0.1) is 0 Å². The van der Waals surface area contributed by atoms with Crippen LogP contribution in [0.1, 0.15) is 24.0 Å². The summed E-state index contributed by atoms with van der Waals surface area (Å²) in [5.74, 6) is 1.23. The van der Waals surface area contributed by atoms with Crippen molar-refractivity contribution < 1.29 is 47.5 Å². The standard InChI is InChI=1S/C30H38N2O10/c1-36-22-15-19(16-23(37-2)28(22)40-5)10-12-26(33)31-14-8-9-21(30(35)42-7)32-27(34)13-11-20-17-24(38-3)29(41-6)25(18-20)39-4/h10-13,15-18,21H,8-9,14H2,1-7H3,(H,31,33)(H,32,34)/b12-10+,13-11+/t21-/m0/s1. The first-order chi connectivity index (χ1) is 20.2. The van der Waals surface area contributed by atoms with E-state index in [0.717, 1.165) is 0 Å². The second kappa shape index (κ2) is 17.1. The summed E-state index contributed by atoms with van der Waals surface area (Å²) in [7, 11) is 10.2. The van der Waals surface area contributed by atoms with Gasteiger partial charge in [0.25, 0.3) is 0 Å². The van der Waals surface area contributed by atoms with Gasteiger partial charge in [-0.05, 0) is 60.4 Å². The van der Waals surface area contributed by atoms with Crippen LogP contribution in [0.25, 0.3) is 12.2 Å². The number of methoxy groups -OCH3 is 7. The average Bonchev–Trinajstić information content (AvgIpc) is 3.02. The van der Waals surface area contributed by atoms with E-state index in [4.69, 9.17) is 33.2 Å². The number of carbonyl (C=O) groups is 3. The van der Waals surface area contributed by atoms with Gasteiger partial charge in [0.2, 0.25) is 23.3 Å². The van der Waals surface area contributed by atoms with Crippen molar-refractivity contribution in [3.05, 3.63) is 47.5 Å². The summed E-state index contributed by atoms with van der Waals surface area (Å²) in [5, 5.41) is 5.39. The molecule has 2 rings (SSSR count). The van der Waals surface area contributed by atoms with Crippen molar-refractivity contribution in [2.45, 2.75) is 18.9 Å². The summed E-state index contributed by atoms with van der Waals surface area (Å²) in [5.41, 5.74) is 1.30. The number of carbonyl (C=O) groups excluding carboxylic acids is 3. The minimum Gasteiger partial charge on any atom is -0.493 e. The molecule has 0 spiro atoms. The molecule has 0 saturated heterocycles. The van der Waals surface area contributed by atoms with E-state index in [1.54, 1.807) is 36.4 Å². The van der Waals surface area contributed by atoms with E-state index >= 15 is 0 Å². The van der Waals surface area contributed by atoms with E-state index in [1.807, 2.05) is 0 Å². The van der Waals surface area contributed by atoms with Gasteiger partial charge in [0, 0.05) is 18.7 Å². The third-order valence-electron chi connectivity index (χ3n) is 6.00. The topological polar surface area (TPSA) is 140 Å². The average molecular weight is 587 g/mol. The van der Waals surface area contributed by atoms with Gasteiger partial charge in [-0.1, -0.05) is 0 Å². The van der Waals surface area contributed by atoms with Gasteiger partial charge in [0.05, 0.1) is 49.8 Å². The van der Waals surface area contributed by atoms with Crippen molar-refractivity contribution in [2.24, 2.45) is 0 Å². The van der Waals surface area contributed by atoms with Gasteiger partial charge in [0.15, 0.2) is 23.0 Å². The van der Waals surface area contributed by atoms with Gasteiger partial charge in [-0.3, -0.25) is 9.59 Å². The SMILES string of the molecule is COC(=O)[C@H](CCCNC(=O)/C=C/c1cc(OC)c(OC)c(OC)c1)NC(=O)/C=C/c1cc(OC)c(OC)c(OC)c1. The van der Waals surface area contributed by atoms with Gasteiger partial charge in [-0.15, -0.1) is 0 Å². The molecule has 2 amide bonds. The Morgan fingerprint density at radius 2 is 1.10 bits per heavy atom. The summed E-state index contributed by atoms with van der Waals surface area (Å²) >= 11 is 0. The Kier molecular flexibility index (Phi) is 13.5. The fourth-order valence-electron chi connectivity index (χ4n) is 3.93. The van der Waals surface area contributed by atoms with Gasteiger partial charge in [-0.25, -0.2) is 4.79 Å². The molecule has 42 heavy (non-hydrogen) atoms. The number of ether oxygens (including phenoxy) is 7. The molecular weight excluding hydrogens is 548 g/mol. The second-order valence-electron chi connectivity index (χ2n) is 8.60. The highest BCUT2D eigenvalue weighted by atomic mass is 16.5. The van der Waals surface area contributed by atoms with Crippen LogP contribution in [0.5, 0.6) is 34.5 Å². The monoisotopic (exact) mass is 586 g/mol. The number of esters is 1. The second-order valence-corrected chi connectivity index (χ2v) is 8.60. The van der Waals surface area contributed by atoms with Crippen molar-refractivity contribution in [2.75, 3.05) is 56.3 Å². The van der Waals surface area contributed by atoms with Crippen molar-refractivity contribution in [1.29, 1.82) is 0 Å². The van der Waals surface area contributed by atoms with Crippen molar-refractivity contribution in [3.63, 3.8) is 0 Å². The number of hydrogen-bond donors (Lipinski definition) is 2. The molecule has 0 unspecified atom stereocenters. The molecule has 12 nitrogen and oxygen atoms in total. The lowest BCUT2D eigenvalue weighted by Crippen LogP contribution is -2.41. The van der Waals surface area contributed by atoms with E-state index < -0.39 is 17.9 Å². The van der Waals surface area contributed by atoms with E-state index in [9.17, 15) is 14.4 Å². The van der Waals surface area contributed by atoms with Crippen molar-refractivity contribution >= 4 is 29.9 Å². The number of hydrogen-bond acceptors (Lipinski definition) is 10. The number of benzene rings is 2. The zero-order valence-electron chi connectivity index (χ0n) is 24.9. The largest absolute Gasteiger partial charge is 0.493 e. The summed E-state index contributed by atoms with van der Waals surface area (Å²) in [6, 6.07) is 5.89. The highest BCUT2D eigenvalue weighted by molar-refractivity contribution is 5.95. The molecule has 1 atom stereocenters. The lowest BCUT2D eigenvalue weighted by atomic mass is 10.1. The Morgan fingerprint density at radius 3 is 1.48 bits per heavy atom. The first-order valence-electron chi connectivity index (χ1n) is 12.9.